The van der Waals surface area contributed by atoms with E-state index in [2.05, 4.69) is 0 Å². The van der Waals surface area contributed by atoms with Crippen molar-refractivity contribution in [2.45, 2.75) is 13.5 Å². The van der Waals surface area contributed by atoms with Gasteiger partial charge in [0.05, 0.1) is 12.2 Å². The quantitative estimate of drug-likeness (QED) is 0.619. The Bertz CT molecular complexity index is 843. The third-order valence-corrected chi connectivity index (χ3v) is 3.79. The van der Waals surface area contributed by atoms with Crippen LogP contribution in [0.15, 0.2) is 48.5 Å². The highest BCUT2D eigenvalue weighted by Crippen LogP contribution is 2.16. The first-order valence-corrected chi connectivity index (χ1v) is 8.76. The summed E-state index contributed by atoms with van der Waals surface area (Å²) in [6.45, 7) is 2.13. The van der Waals surface area contributed by atoms with E-state index in [1.807, 2.05) is 37.3 Å². The van der Waals surface area contributed by atoms with Crippen molar-refractivity contribution in [2.75, 3.05) is 26.9 Å². The van der Waals surface area contributed by atoms with Gasteiger partial charge in [0.1, 0.15) is 17.6 Å². The van der Waals surface area contributed by atoms with E-state index in [0.29, 0.717) is 24.5 Å². The van der Waals surface area contributed by atoms with Gasteiger partial charge in [0, 0.05) is 13.6 Å². The summed E-state index contributed by atoms with van der Waals surface area (Å²) >= 11 is 0. The van der Waals surface area contributed by atoms with Gasteiger partial charge in [-0.1, -0.05) is 24.3 Å². The molecule has 2 aromatic rings. The summed E-state index contributed by atoms with van der Waals surface area (Å²) in [6, 6.07) is 16.0. The molecule has 0 bridgehead atoms. The Morgan fingerprint density at radius 2 is 1.75 bits per heavy atom. The largest absolute Gasteiger partial charge is 0.494 e. The van der Waals surface area contributed by atoms with Gasteiger partial charge in [0.15, 0.2) is 13.2 Å². The number of rotatable bonds is 9. The van der Waals surface area contributed by atoms with Crippen LogP contribution in [0.25, 0.3) is 0 Å². The maximum absolute atomic E-state index is 12.1. The Morgan fingerprint density at radius 1 is 1.04 bits per heavy atom. The number of likely N-dealkylation sites (N-methyl/N-ethyl adjacent to an activating group) is 1. The van der Waals surface area contributed by atoms with Gasteiger partial charge in [-0.2, -0.15) is 5.26 Å². The zero-order chi connectivity index (χ0) is 20.4. The van der Waals surface area contributed by atoms with Crippen molar-refractivity contribution >= 4 is 11.9 Å². The monoisotopic (exact) mass is 382 g/mol. The minimum atomic E-state index is -0.685. The third kappa shape index (κ3) is 6.32. The molecule has 2 aromatic carbocycles. The van der Waals surface area contributed by atoms with Crippen molar-refractivity contribution in [3.8, 4) is 17.6 Å². The van der Waals surface area contributed by atoms with E-state index in [9.17, 15) is 9.59 Å². The molecule has 0 fully saturated rings. The Hall–Kier alpha value is -3.53. The molecular formula is C21H22N2O5. The smallest absolute Gasteiger partial charge is 0.344 e. The van der Waals surface area contributed by atoms with Crippen LogP contribution in [0.1, 0.15) is 18.1 Å². The lowest BCUT2D eigenvalue weighted by Crippen LogP contribution is -2.31. The van der Waals surface area contributed by atoms with Crippen LogP contribution in [0, 0.1) is 11.3 Å². The topological polar surface area (TPSA) is 88.9 Å². The molecule has 0 aromatic heterocycles. The van der Waals surface area contributed by atoms with E-state index < -0.39 is 5.97 Å². The highest BCUT2D eigenvalue weighted by molar-refractivity contribution is 5.80. The van der Waals surface area contributed by atoms with Gasteiger partial charge < -0.3 is 19.1 Å². The molecule has 0 spiro atoms. The first kappa shape index (κ1) is 20.8. The standard InChI is InChI=1S/C21H22N2O5/c1-3-26-18-10-8-16(9-11-18)13-23(2)20(24)14-28-21(25)15-27-19-7-5-4-6-17(19)12-22/h4-11H,3,13-15H2,1-2H3. The molecule has 1 amide bonds. The normalized spacial score (nSPS) is 9.89. The van der Waals surface area contributed by atoms with Gasteiger partial charge in [-0.15, -0.1) is 0 Å². The van der Waals surface area contributed by atoms with Crippen molar-refractivity contribution in [1.29, 1.82) is 5.26 Å². The molecule has 0 aliphatic carbocycles. The zero-order valence-electron chi connectivity index (χ0n) is 15.9. The molecule has 0 radical (unpaired) electrons. The molecule has 146 valence electrons. The molecule has 0 N–H and O–H groups in total. The molecule has 7 heteroatoms. The maximum Gasteiger partial charge on any atom is 0.344 e. The van der Waals surface area contributed by atoms with Crippen LogP contribution in [0.4, 0.5) is 0 Å². The molecule has 0 atom stereocenters. The van der Waals surface area contributed by atoms with Crippen LogP contribution in [0.5, 0.6) is 11.5 Å². The number of hydrogen-bond donors (Lipinski definition) is 0. The van der Waals surface area contributed by atoms with Gasteiger partial charge in [-0.3, -0.25) is 4.79 Å². The number of carbonyl (C=O) groups excluding carboxylic acids is 2. The van der Waals surface area contributed by atoms with Crippen LogP contribution >= 0.6 is 0 Å². The Balaban J connectivity index is 1.76. The van der Waals surface area contributed by atoms with Crippen LogP contribution < -0.4 is 9.47 Å². The number of hydrogen-bond acceptors (Lipinski definition) is 6. The lowest BCUT2D eigenvalue weighted by atomic mass is 10.2. The third-order valence-electron chi connectivity index (χ3n) is 3.79. The average Bonchev–Trinajstić information content (AvgIpc) is 2.72. The maximum atomic E-state index is 12.1. The van der Waals surface area contributed by atoms with Gasteiger partial charge in [0.25, 0.3) is 5.91 Å². The summed E-state index contributed by atoms with van der Waals surface area (Å²) in [7, 11) is 1.63. The van der Waals surface area contributed by atoms with E-state index in [1.54, 1.807) is 31.3 Å². The van der Waals surface area contributed by atoms with Crippen LogP contribution in [0.2, 0.25) is 0 Å². The number of nitriles is 1. The summed E-state index contributed by atoms with van der Waals surface area (Å²) in [6.07, 6.45) is 0. The summed E-state index contributed by atoms with van der Waals surface area (Å²) in [5.41, 5.74) is 1.25. The minimum absolute atomic E-state index is 0.292. The fourth-order valence-corrected chi connectivity index (χ4v) is 2.34. The van der Waals surface area contributed by atoms with Crippen LogP contribution in [-0.4, -0.2) is 43.6 Å². The molecule has 2 rings (SSSR count). The molecule has 0 heterocycles. The predicted molar refractivity (Wildman–Crippen MR) is 102 cm³/mol. The summed E-state index contributed by atoms with van der Waals surface area (Å²) in [5.74, 6) is 0.0447. The molecule has 0 aliphatic rings. The van der Waals surface area contributed by atoms with Crippen LogP contribution in [0.3, 0.4) is 0 Å². The Labute approximate surface area is 164 Å². The van der Waals surface area contributed by atoms with E-state index in [4.69, 9.17) is 19.5 Å². The first-order valence-electron chi connectivity index (χ1n) is 8.76. The number of esters is 1. The fourth-order valence-electron chi connectivity index (χ4n) is 2.34. The summed E-state index contributed by atoms with van der Waals surface area (Å²) < 4.78 is 15.6. The van der Waals surface area contributed by atoms with Gasteiger partial charge >= 0.3 is 5.97 Å². The number of carbonyl (C=O) groups is 2. The first-order chi connectivity index (χ1) is 13.5. The molecule has 0 saturated heterocycles. The second-order valence-corrected chi connectivity index (χ2v) is 5.88. The van der Waals surface area contributed by atoms with Gasteiger partial charge in [-0.05, 0) is 36.8 Å². The number of amides is 1. The predicted octanol–water partition coefficient (Wildman–Crippen LogP) is 2.54. The van der Waals surface area contributed by atoms with Crippen molar-refractivity contribution in [1.82, 2.24) is 4.90 Å². The molecule has 28 heavy (non-hydrogen) atoms. The van der Waals surface area contributed by atoms with Crippen LogP contribution in [-0.2, 0) is 20.9 Å². The van der Waals surface area contributed by atoms with E-state index in [1.165, 1.54) is 4.90 Å². The molecular weight excluding hydrogens is 360 g/mol. The molecule has 0 unspecified atom stereocenters. The van der Waals surface area contributed by atoms with E-state index in [-0.39, 0.29) is 19.1 Å². The highest BCUT2D eigenvalue weighted by Gasteiger charge is 2.14. The molecule has 7 nitrogen and oxygen atoms in total. The minimum Gasteiger partial charge on any atom is -0.494 e. The number of nitrogens with zero attached hydrogens (tertiary/aromatic N) is 2. The Kier molecular flexibility index (Phi) is 7.85. The number of benzene rings is 2. The second-order valence-electron chi connectivity index (χ2n) is 5.88. The van der Waals surface area contributed by atoms with Gasteiger partial charge in [-0.25, -0.2) is 4.79 Å². The summed E-state index contributed by atoms with van der Waals surface area (Å²) in [5, 5.41) is 8.98. The summed E-state index contributed by atoms with van der Waals surface area (Å²) in [4.78, 5) is 25.4. The number of para-hydroxylation sites is 1. The van der Waals surface area contributed by atoms with Crippen molar-refractivity contribution < 1.29 is 23.8 Å². The number of ether oxygens (including phenoxy) is 3. The van der Waals surface area contributed by atoms with Gasteiger partial charge in [0.2, 0.25) is 0 Å². The Morgan fingerprint density at radius 3 is 2.43 bits per heavy atom. The lowest BCUT2D eigenvalue weighted by Gasteiger charge is -2.17. The molecule has 0 aliphatic heterocycles. The van der Waals surface area contributed by atoms with Crippen molar-refractivity contribution in [3.05, 3.63) is 59.7 Å². The van der Waals surface area contributed by atoms with E-state index >= 15 is 0 Å². The SMILES string of the molecule is CCOc1ccc(CN(C)C(=O)COC(=O)COc2ccccc2C#N)cc1. The fraction of sp³-hybridized carbons (Fsp3) is 0.286. The molecule has 0 saturated carbocycles. The van der Waals surface area contributed by atoms with E-state index in [0.717, 1.165) is 11.3 Å². The lowest BCUT2D eigenvalue weighted by molar-refractivity contribution is -0.153. The highest BCUT2D eigenvalue weighted by atomic mass is 16.6. The van der Waals surface area contributed by atoms with Crippen molar-refractivity contribution in [3.63, 3.8) is 0 Å². The zero-order valence-corrected chi connectivity index (χ0v) is 15.9. The van der Waals surface area contributed by atoms with Crippen molar-refractivity contribution in [2.24, 2.45) is 0 Å². The average molecular weight is 382 g/mol. The second kappa shape index (κ2) is 10.6.